The highest BCUT2D eigenvalue weighted by Gasteiger charge is 2.09. The summed E-state index contributed by atoms with van der Waals surface area (Å²) in [6, 6.07) is 0.170. The van der Waals surface area contributed by atoms with Crippen molar-refractivity contribution in [3.63, 3.8) is 0 Å². The second-order valence-corrected chi connectivity index (χ2v) is 2.68. The van der Waals surface area contributed by atoms with Gasteiger partial charge in [0.2, 0.25) is 0 Å². The van der Waals surface area contributed by atoms with Gasteiger partial charge in [0.15, 0.2) is 0 Å². The minimum absolute atomic E-state index is 0.170. The van der Waals surface area contributed by atoms with Crippen molar-refractivity contribution in [3.05, 3.63) is 23.8 Å². The maximum absolute atomic E-state index is 9.02. The molecule has 0 amide bonds. The molecular formula is C8H13NO. The number of hydrogen-bond donors (Lipinski definition) is 1. The van der Waals surface area contributed by atoms with Crippen LogP contribution in [0.4, 0.5) is 0 Å². The summed E-state index contributed by atoms with van der Waals surface area (Å²) in [6.45, 7) is 2.06. The maximum atomic E-state index is 9.02. The molecule has 2 heteroatoms. The first kappa shape index (κ1) is 7.51. The van der Waals surface area contributed by atoms with E-state index < -0.39 is 0 Å². The molecule has 1 N–H and O–H groups in total. The van der Waals surface area contributed by atoms with E-state index in [2.05, 4.69) is 13.0 Å². The van der Waals surface area contributed by atoms with Crippen LogP contribution in [0.5, 0.6) is 0 Å². The highest BCUT2D eigenvalue weighted by Crippen LogP contribution is 2.12. The van der Waals surface area contributed by atoms with Crippen molar-refractivity contribution < 1.29 is 5.21 Å². The van der Waals surface area contributed by atoms with Crippen LogP contribution in [0.25, 0.3) is 0 Å². The number of rotatable bonds is 1. The van der Waals surface area contributed by atoms with Gasteiger partial charge in [-0.1, -0.05) is 23.8 Å². The Morgan fingerprint density at radius 1 is 1.70 bits per heavy atom. The molecule has 0 aromatic heterocycles. The number of allylic oxidation sites excluding steroid dienone is 2. The normalized spacial score (nSPS) is 25.2. The van der Waals surface area contributed by atoms with Gasteiger partial charge in [-0.3, -0.25) is 0 Å². The first-order valence-electron chi connectivity index (χ1n) is 3.47. The average Bonchev–Trinajstić information content (AvgIpc) is 1.88. The molecule has 0 saturated carbocycles. The summed E-state index contributed by atoms with van der Waals surface area (Å²) in [7, 11) is 1.67. The molecular weight excluding hydrogens is 126 g/mol. The molecule has 1 unspecified atom stereocenters. The van der Waals surface area contributed by atoms with Crippen LogP contribution in [0.3, 0.4) is 0 Å². The Bertz CT molecular complexity index is 170. The van der Waals surface area contributed by atoms with E-state index in [0.29, 0.717) is 0 Å². The Morgan fingerprint density at radius 2 is 2.40 bits per heavy atom. The monoisotopic (exact) mass is 139 g/mol. The van der Waals surface area contributed by atoms with Gasteiger partial charge in [-0.25, -0.2) is 0 Å². The van der Waals surface area contributed by atoms with Crippen molar-refractivity contribution in [2.45, 2.75) is 19.4 Å². The van der Waals surface area contributed by atoms with Crippen LogP contribution < -0.4 is 0 Å². The molecule has 0 aromatic carbocycles. The van der Waals surface area contributed by atoms with Crippen molar-refractivity contribution in [3.8, 4) is 0 Å². The minimum atomic E-state index is 0.170. The highest BCUT2D eigenvalue weighted by molar-refractivity contribution is 5.22. The highest BCUT2D eigenvalue weighted by atomic mass is 16.5. The van der Waals surface area contributed by atoms with E-state index in [4.69, 9.17) is 5.21 Å². The molecule has 1 aliphatic carbocycles. The molecule has 0 spiro atoms. The molecule has 10 heavy (non-hydrogen) atoms. The number of likely N-dealkylation sites (N-methyl/N-ethyl adjacent to an activating group) is 1. The molecule has 0 aliphatic heterocycles. The molecule has 0 bridgehead atoms. The predicted molar refractivity (Wildman–Crippen MR) is 40.9 cm³/mol. The number of hydroxylamine groups is 2. The van der Waals surface area contributed by atoms with Gasteiger partial charge in [-0.2, -0.15) is 5.06 Å². The van der Waals surface area contributed by atoms with Crippen LogP contribution in [0.1, 0.15) is 13.3 Å². The Labute approximate surface area is 61.4 Å². The molecule has 0 aromatic rings. The van der Waals surface area contributed by atoms with E-state index in [9.17, 15) is 0 Å². The molecule has 0 radical (unpaired) electrons. The first-order valence-corrected chi connectivity index (χ1v) is 3.47. The van der Waals surface area contributed by atoms with Crippen LogP contribution in [0.15, 0.2) is 23.8 Å². The molecule has 1 rings (SSSR count). The summed E-state index contributed by atoms with van der Waals surface area (Å²) >= 11 is 0. The van der Waals surface area contributed by atoms with Gasteiger partial charge in [0.05, 0.1) is 6.04 Å². The van der Waals surface area contributed by atoms with Gasteiger partial charge in [-0.05, 0) is 13.3 Å². The van der Waals surface area contributed by atoms with Crippen LogP contribution in [-0.2, 0) is 0 Å². The Hall–Kier alpha value is -0.600. The summed E-state index contributed by atoms with van der Waals surface area (Å²) in [5.41, 5.74) is 1.28. The summed E-state index contributed by atoms with van der Waals surface area (Å²) in [5, 5.41) is 10.3. The minimum Gasteiger partial charge on any atom is -0.314 e. The number of nitrogens with zero attached hydrogens (tertiary/aromatic N) is 1. The van der Waals surface area contributed by atoms with Crippen molar-refractivity contribution >= 4 is 0 Å². The summed E-state index contributed by atoms with van der Waals surface area (Å²) in [6.07, 6.45) is 7.07. The average molecular weight is 139 g/mol. The molecule has 0 heterocycles. The smallest absolute Gasteiger partial charge is 0.0564 e. The van der Waals surface area contributed by atoms with Crippen LogP contribution >= 0.6 is 0 Å². The standard InChI is InChI=1S/C8H13NO/c1-7-3-5-8(6-4-7)9(2)10/h3-5,8,10H,6H2,1-2H3. The molecule has 56 valence electrons. The fourth-order valence-electron chi connectivity index (χ4n) is 0.993. The molecule has 2 nitrogen and oxygen atoms in total. The van der Waals surface area contributed by atoms with Crippen molar-refractivity contribution in [2.24, 2.45) is 0 Å². The Balaban J connectivity index is 2.52. The van der Waals surface area contributed by atoms with Gasteiger partial charge in [0.25, 0.3) is 0 Å². The largest absolute Gasteiger partial charge is 0.314 e. The lowest BCUT2D eigenvalue weighted by Gasteiger charge is -2.19. The lowest BCUT2D eigenvalue weighted by Crippen LogP contribution is -2.26. The number of hydrogen-bond acceptors (Lipinski definition) is 2. The van der Waals surface area contributed by atoms with Gasteiger partial charge >= 0.3 is 0 Å². The van der Waals surface area contributed by atoms with E-state index in [1.807, 2.05) is 12.2 Å². The lowest BCUT2D eigenvalue weighted by atomic mass is 10.0. The van der Waals surface area contributed by atoms with E-state index in [0.717, 1.165) is 6.42 Å². The van der Waals surface area contributed by atoms with Crippen LogP contribution in [0.2, 0.25) is 0 Å². The summed E-state index contributed by atoms with van der Waals surface area (Å²) in [5.74, 6) is 0. The third-order valence-corrected chi connectivity index (χ3v) is 1.74. The predicted octanol–water partition coefficient (Wildman–Crippen LogP) is 1.58. The molecule has 1 atom stereocenters. The zero-order valence-electron chi connectivity index (χ0n) is 6.41. The van der Waals surface area contributed by atoms with Crippen molar-refractivity contribution in [1.82, 2.24) is 5.06 Å². The van der Waals surface area contributed by atoms with Crippen LogP contribution in [0, 0.1) is 0 Å². The van der Waals surface area contributed by atoms with Crippen molar-refractivity contribution in [1.29, 1.82) is 0 Å². The van der Waals surface area contributed by atoms with E-state index in [-0.39, 0.29) is 6.04 Å². The maximum Gasteiger partial charge on any atom is 0.0564 e. The summed E-state index contributed by atoms with van der Waals surface area (Å²) in [4.78, 5) is 0. The van der Waals surface area contributed by atoms with Crippen molar-refractivity contribution in [2.75, 3.05) is 7.05 Å². The van der Waals surface area contributed by atoms with Crippen LogP contribution in [-0.4, -0.2) is 23.4 Å². The zero-order valence-corrected chi connectivity index (χ0v) is 6.41. The quantitative estimate of drug-likeness (QED) is 0.557. The second kappa shape index (κ2) is 2.99. The van der Waals surface area contributed by atoms with Gasteiger partial charge in [-0.15, -0.1) is 0 Å². The van der Waals surface area contributed by atoms with Gasteiger partial charge in [0.1, 0.15) is 0 Å². The summed E-state index contributed by atoms with van der Waals surface area (Å²) < 4.78 is 0. The lowest BCUT2D eigenvalue weighted by molar-refractivity contribution is -0.0872. The fourth-order valence-corrected chi connectivity index (χ4v) is 0.993. The molecule has 0 fully saturated rings. The van der Waals surface area contributed by atoms with E-state index >= 15 is 0 Å². The van der Waals surface area contributed by atoms with E-state index in [1.54, 1.807) is 7.05 Å². The SMILES string of the molecule is CC1=CCC(N(C)O)C=C1. The molecule has 1 aliphatic rings. The Kier molecular flexibility index (Phi) is 2.25. The fraction of sp³-hybridized carbons (Fsp3) is 0.500. The second-order valence-electron chi connectivity index (χ2n) is 2.68. The topological polar surface area (TPSA) is 23.5 Å². The molecule has 0 saturated heterocycles. The first-order chi connectivity index (χ1) is 4.70. The third-order valence-electron chi connectivity index (χ3n) is 1.74. The van der Waals surface area contributed by atoms with Gasteiger partial charge in [0, 0.05) is 7.05 Å². The van der Waals surface area contributed by atoms with Gasteiger partial charge < -0.3 is 5.21 Å². The van der Waals surface area contributed by atoms with E-state index in [1.165, 1.54) is 10.6 Å². The Morgan fingerprint density at radius 3 is 2.80 bits per heavy atom. The third kappa shape index (κ3) is 1.69. The zero-order chi connectivity index (χ0) is 7.56.